The molecule has 96 valence electrons. The standard InChI is InChI=1S/C13H16N2O3/c1-13(2,18)10-4-8(7-14)3-9(5-10)11(15)6-12(16)17/h3-5,11,18H,6,15H2,1-2H3,(H,16,17)/t11-/m0/s1. The summed E-state index contributed by atoms with van der Waals surface area (Å²) >= 11 is 0. The summed E-state index contributed by atoms with van der Waals surface area (Å²) in [7, 11) is 0. The first kappa shape index (κ1) is 14.2. The lowest BCUT2D eigenvalue weighted by atomic mass is 9.91. The van der Waals surface area contributed by atoms with Crippen LogP contribution in [0.3, 0.4) is 0 Å². The van der Waals surface area contributed by atoms with E-state index in [-0.39, 0.29) is 6.42 Å². The predicted octanol–water partition coefficient (Wildman–Crippen LogP) is 1.26. The van der Waals surface area contributed by atoms with Crippen molar-refractivity contribution in [1.82, 2.24) is 0 Å². The summed E-state index contributed by atoms with van der Waals surface area (Å²) in [6.07, 6.45) is -0.222. The molecular formula is C13H16N2O3. The Balaban J connectivity index is 3.21. The summed E-state index contributed by atoms with van der Waals surface area (Å²) in [5, 5.41) is 27.6. The van der Waals surface area contributed by atoms with Gasteiger partial charge in [0.25, 0.3) is 0 Å². The summed E-state index contributed by atoms with van der Waals surface area (Å²) in [5.74, 6) is -1.00. The second-order valence-electron chi connectivity index (χ2n) is 4.72. The number of hydrogen-bond donors (Lipinski definition) is 3. The van der Waals surface area contributed by atoms with Crippen LogP contribution in [0.1, 0.15) is 43.0 Å². The molecule has 0 spiro atoms. The summed E-state index contributed by atoms with van der Waals surface area (Å²) in [4.78, 5) is 10.6. The average Bonchev–Trinajstić information content (AvgIpc) is 2.26. The van der Waals surface area contributed by atoms with Crippen LogP contribution in [-0.2, 0) is 10.4 Å². The molecule has 0 aromatic heterocycles. The van der Waals surface area contributed by atoms with Crippen LogP contribution in [0, 0.1) is 11.3 Å². The number of nitriles is 1. The highest BCUT2D eigenvalue weighted by Crippen LogP contribution is 2.25. The second kappa shape index (κ2) is 5.17. The topological polar surface area (TPSA) is 107 Å². The van der Waals surface area contributed by atoms with E-state index >= 15 is 0 Å². The van der Waals surface area contributed by atoms with Gasteiger partial charge in [0, 0.05) is 6.04 Å². The maximum atomic E-state index is 10.6. The predicted molar refractivity (Wildman–Crippen MR) is 65.6 cm³/mol. The fourth-order valence-electron chi connectivity index (χ4n) is 1.59. The van der Waals surface area contributed by atoms with Crippen LogP contribution in [0.15, 0.2) is 18.2 Å². The molecule has 0 bridgehead atoms. The Morgan fingerprint density at radius 1 is 1.50 bits per heavy atom. The SMILES string of the molecule is CC(C)(O)c1cc(C#N)cc([C@@H](N)CC(=O)O)c1. The zero-order valence-corrected chi connectivity index (χ0v) is 10.3. The summed E-state index contributed by atoms with van der Waals surface area (Å²) in [6.45, 7) is 3.19. The lowest BCUT2D eigenvalue weighted by Crippen LogP contribution is -2.19. The molecule has 1 aromatic carbocycles. The number of nitrogens with two attached hydrogens (primary N) is 1. The van der Waals surface area contributed by atoms with E-state index in [2.05, 4.69) is 0 Å². The van der Waals surface area contributed by atoms with E-state index in [0.29, 0.717) is 16.7 Å². The quantitative estimate of drug-likeness (QED) is 0.743. The van der Waals surface area contributed by atoms with Crippen molar-refractivity contribution in [1.29, 1.82) is 5.26 Å². The van der Waals surface area contributed by atoms with Gasteiger partial charge < -0.3 is 15.9 Å². The fourth-order valence-corrected chi connectivity index (χ4v) is 1.59. The molecule has 0 aliphatic rings. The molecule has 0 amide bonds. The summed E-state index contributed by atoms with van der Waals surface area (Å²) < 4.78 is 0. The zero-order chi connectivity index (χ0) is 13.9. The number of carboxylic acid groups (broad SMARTS) is 1. The molecule has 0 unspecified atom stereocenters. The van der Waals surface area contributed by atoms with Gasteiger partial charge in [-0.2, -0.15) is 5.26 Å². The second-order valence-corrected chi connectivity index (χ2v) is 4.72. The van der Waals surface area contributed by atoms with Gasteiger partial charge in [0.15, 0.2) is 0 Å². The van der Waals surface area contributed by atoms with E-state index < -0.39 is 17.6 Å². The third-order valence-corrected chi connectivity index (χ3v) is 2.61. The van der Waals surface area contributed by atoms with E-state index in [4.69, 9.17) is 16.1 Å². The van der Waals surface area contributed by atoms with Crippen LogP contribution in [0.2, 0.25) is 0 Å². The first-order valence-corrected chi connectivity index (χ1v) is 5.49. The van der Waals surface area contributed by atoms with Crippen molar-refractivity contribution in [2.24, 2.45) is 5.73 Å². The van der Waals surface area contributed by atoms with Gasteiger partial charge in [-0.3, -0.25) is 4.79 Å². The van der Waals surface area contributed by atoms with E-state index in [9.17, 15) is 9.90 Å². The van der Waals surface area contributed by atoms with E-state index in [0.717, 1.165) is 0 Å². The van der Waals surface area contributed by atoms with Crippen LogP contribution in [-0.4, -0.2) is 16.2 Å². The third kappa shape index (κ3) is 3.55. The van der Waals surface area contributed by atoms with Gasteiger partial charge in [0.05, 0.1) is 23.7 Å². The lowest BCUT2D eigenvalue weighted by Gasteiger charge is -2.20. The van der Waals surface area contributed by atoms with Crippen molar-refractivity contribution in [2.75, 3.05) is 0 Å². The van der Waals surface area contributed by atoms with Crippen LogP contribution >= 0.6 is 0 Å². The van der Waals surface area contributed by atoms with Gasteiger partial charge >= 0.3 is 5.97 Å². The van der Waals surface area contributed by atoms with Gasteiger partial charge in [-0.25, -0.2) is 0 Å². The number of carboxylic acids is 1. The molecule has 5 heteroatoms. The molecule has 0 heterocycles. The maximum absolute atomic E-state index is 10.6. The number of carbonyl (C=O) groups is 1. The molecule has 1 aromatic rings. The minimum Gasteiger partial charge on any atom is -0.481 e. The highest BCUT2D eigenvalue weighted by atomic mass is 16.4. The van der Waals surface area contributed by atoms with Gasteiger partial charge in [0.1, 0.15) is 0 Å². The smallest absolute Gasteiger partial charge is 0.305 e. The van der Waals surface area contributed by atoms with Crippen molar-refractivity contribution in [3.8, 4) is 6.07 Å². The molecule has 0 saturated heterocycles. The molecule has 1 rings (SSSR count). The van der Waals surface area contributed by atoms with Crippen molar-refractivity contribution >= 4 is 5.97 Å². The van der Waals surface area contributed by atoms with Crippen molar-refractivity contribution in [3.05, 3.63) is 34.9 Å². The minimum absolute atomic E-state index is 0.222. The lowest BCUT2D eigenvalue weighted by molar-refractivity contribution is -0.137. The summed E-state index contributed by atoms with van der Waals surface area (Å²) in [5.41, 5.74) is 6.08. The van der Waals surface area contributed by atoms with Gasteiger partial charge in [-0.1, -0.05) is 6.07 Å². The van der Waals surface area contributed by atoms with Crippen LogP contribution in [0.5, 0.6) is 0 Å². The zero-order valence-electron chi connectivity index (χ0n) is 10.3. The molecule has 0 saturated carbocycles. The Morgan fingerprint density at radius 2 is 2.11 bits per heavy atom. The van der Waals surface area contributed by atoms with E-state index in [1.807, 2.05) is 6.07 Å². The summed E-state index contributed by atoms with van der Waals surface area (Å²) in [6, 6.07) is 6.02. The average molecular weight is 248 g/mol. The first-order chi connectivity index (χ1) is 8.24. The molecule has 0 fully saturated rings. The Hall–Kier alpha value is -1.90. The third-order valence-electron chi connectivity index (χ3n) is 2.61. The molecule has 5 nitrogen and oxygen atoms in total. The molecule has 18 heavy (non-hydrogen) atoms. The molecular weight excluding hydrogens is 232 g/mol. The monoisotopic (exact) mass is 248 g/mol. The number of nitrogens with zero attached hydrogens (tertiary/aromatic N) is 1. The fraction of sp³-hybridized carbons (Fsp3) is 0.385. The van der Waals surface area contributed by atoms with Crippen molar-refractivity contribution in [3.63, 3.8) is 0 Å². The van der Waals surface area contributed by atoms with Gasteiger partial charge in [-0.15, -0.1) is 0 Å². The highest BCUT2D eigenvalue weighted by Gasteiger charge is 2.20. The first-order valence-electron chi connectivity index (χ1n) is 5.49. The highest BCUT2D eigenvalue weighted by molar-refractivity contribution is 5.68. The maximum Gasteiger partial charge on any atom is 0.305 e. The molecule has 0 aliphatic carbocycles. The Kier molecular flexibility index (Phi) is 4.07. The number of aliphatic hydroxyl groups is 1. The number of rotatable bonds is 4. The van der Waals surface area contributed by atoms with Crippen LogP contribution in [0.25, 0.3) is 0 Å². The van der Waals surface area contributed by atoms with E-state index in [1.165, 1.54) is 0 Å². The molecule has 0 aliphatic heterocycles. The normalized spacial score (nSPS) is 12.8. The number of benzene rings is 1. The number of aliphatic carboxylic acids is 1. The molecule has 1 atom stereocenters. The van der Waals surface area contributed by atoms with Crippen LogP contribution in [0.4, 0.5) is 0 Å². The van der Waals surface area contributed by atoms with Gasteiger partial charge in [-0.05, 0) is 37.1 Å². The van der Waals surface area contributed by atoms with Crippen molar-refractivity contribution < 1.29 is 15.0 Å². The Bertz CT molecular complexity index is 498. The van der Waals surface area contributed by atoms with Gasteiger partial charge in [0.2, 0.25) is 0 Å². The molecule has 4 N–H and O–H groups in total. The number of hydrogen-bond acceptors (Lipinski definition) is 4. The Labute approximate surface area is 105 Å². The minimum atomic E-state index is -1.11. The van der Waals surface area contributed by atoms with Crippen molar-refractivity contribution in [2.45, 2.75) is 31.9 Å². The molecule has 0 radical (unpaired) electrons. The largest absolute Gasteiger partial charge is 0.481 e. The Morgan fingerprint density at radius 3 is 2.56 bits per heavy atom. The van der Waals surface area contributed by atoms with E-state index in [1.54, 1.807) is 32.0 Å². The van der Waals surface area contributed by atoms with Crippen LogP contribution < -0.4 is 5.73 Å².